The van der Waals surface area contributed by atoms with Gasteiger partial charge in [-0.05, 0) is 51.4 Å². The standard InChI is InChI=1S/C88H171NO5/c1-3-5-7-9-11-13-15-17-18-19-20-21-22-38-41-44-47-50-53-57-60-64-68-72-76-80-86(91)85(84-90)89-87(92)81-77-73-69-65-61-58-54-51-48-45-42-39-36-34-32-30-28-26-24-23-25-27-29-31-33-35-37-40-43-46-49-52-55-59-63-67-71-75-79-83-94-88(93)82-78-74-70-66-62-56-16-14-12-10-8-6-4-2/h8,10,14,16,85-86,90-91H,3-7,9,11-13,15,17-84H2,1-2H3,(H,89,92)/b10-8-,16-14-. The maximum Gasteiger partial charge on any atom is 0.305 e. The first-order valence-electron chi connectivity index (χ1n) is 43.6. The van der Waals surface area contributed by atoms with E-state index in [9.17, 15) is 19.8 Å². The van der Waals surface area contributed by atoms with E-state index in [0.29, 0.717) is 25.9 Å². The van der Waals surface area contributed by atoms with Crippen molar-refractivity contribution in [3.63, 3.8) is 0 Å². The van der Waals surface area contributed by atoms with Crippen molar-refractivity contribution < 1.29 is 24.5 Å². The molecule has 0 saturated heterocycles. The lowest BCUT2D eigenvalue weighted by molar-refractivity contribution is -0.143. The number of allylic oxidation sites excluding steroid dienone is 4. The third kappa shape index (κ3) is 79.3. The van der Waals surface area contributed by atoms with Gasteiger partial charge in [-0.2, -0.15) is 0 Å². The highest BCUT2D eigenvalue weighted by molar-refractivity contribution is 5.76. The number of aliphatic hydroxyl groups is 2. The van der Waals surface area contributed by atoms with Gasteiger partial charge in [-0.3, -0.25) is 9.59 Å². The summed E-state index contributed by atoms with van der Waals surface area (Å²) in [4.78, 5) is 24.7. The Morgan fingerprint density at radius 2 is 0.553 bits per heavy atom. The van der Waals surface area contributed by atoms with Gasteiger partial charge in [0.2, 0.25) is 5.91 Å². The Labute approximate surface area is 590 Å². The molecule has 0 aliphatic carbocycles. The molecule has 3 N–H and O–H groups in total. The lowest BCUT2D eigenvalue weighted by Crippen LogP contribution is -2.45. The van der Waals surface area contributed by atoms with Crippen LogP contribution in [0.15, 0.2) is 24.3 Å². The third-order valence-corrected chi connectivity index (χ3v) is 20.7. The Morgan fingerprint density at radius 1 is 0.298 bits per heavy atom. The maximum atomic E-state index is 12.6. The van der Waals surface area contributed by atoms with E-state index in [4.69, 9.17) is 4.74 Å². The molecule has 0 fully saturated rings. The van der Waals surface area contributed by atoms with Gasteiger partial charge in [-0.15, -0.1) is 0 Å². The molecule has 0 aromatic carbocycles. The number of aliphatic hydroxyl groups excluding tert-OH is 2. The highest BCUT2D eigenvalue weighted by Gasteiger charge is 2.20. The van der Waals surface area contributed by atoms with Crippen LogP contribution >= 0.6 is 0 Å². The normalized spacial score (nSPS) is 12.5. The monoisotopic (exact) mass is 1320 g/mol. The molecule has 2 atom stereocenters. The van der Waals surface area contributed by atoms with E-state index >= 15 is 0 Å². The third-order valence-electron chi connectivity index (χ3n) is 20.7. The van der Waals surface area contributed by atoms with Crippen molar-refractivity contribution in [3.05, 3.63) is 24.3 Å². The van der Waals surface area contributed by atoms with E-state index in [1.165, 1.54) is 417 Å². The number of nitrogens with one attached hydrogen (secondary N) is 1. The van der Waals surface area contributed by atoms with Crippen LogP contribution in [0.2, 0.25) is 0 Å². The summed E-state index contributed by atoms with van der Waals surface area (Å²) >= 11 is 0. The molecular formula is C88H171NO5. The number of carbonyl (C=O) groups is 2. The summed E-state index contributed by atoms with van der Waals surface area (Å²) in [6.45, 7) is 4.94. The van der Waals surface area contributed by atoms with E-state index in [0.717, 1.165) is 51.4 Å². The first-order chi connectivity index (χ1) is 46.5. The van der Waals surface area contributed by atoms with Gasteiger partial charge in [0.05, 0.1) is 25.4 Å². The molecule has 0 rings (SSSR count). The minimum Gasteiger partial charge on any atom is -0.466 e. The van der Waals surface area contributed by atoms with Crippen LogP contribution in [0.3, 0.4) is 0 Å². The van der Waals surface area contributed by atoms with Crippen LogP contribution in [0.5, 0.6) is 0 Å². The molecule has 0 heterocycles. The average Bonchev–Trinajstić information content (AvgIpc) is 3.72. The van der Waals surface area contributed by atoms with Gasteiger partial charge in [-0.25, -0.2) is 0 Å². The van der Waals surface area contributed by atoms with Crippen molar-refractivity contribution in [2.45, 2.75) is 514 Å². The molecule has 2 unspecified atom stereocenters. The van der Waals surface area contributed by atoms with Gasteiger partial charge in [0.1, 0.15) is 0 Å². The zero-order valence-corrected chi connectivity index (χ0v) is 64.2. The first-order valence-corrected chi connectivity index (χ1v) is 43.6. The van der Waals surface area contributed by atoms with Gasteiger partial charge >= 0.3 is 5.97 Å². The van der Waals surface area contributed by atoms with E-state index in [2.05, 4.69) is 43.5 Å². The number of ether oxygens (including phenoxy) is 1. The lowest BCUT2D eigenvalue weighted by atomic mass is 10.0. The highest BCUT2D eigenvalue weighted by atomic mass is 16.5. The van der Waals surface area contributed by atoms with Gasteiger partial charge in [0, 0.05) is 12.8 Å². The van der Waals surface area contributed by atoms with Gasteiger partial charge in [-0.1, -0.05) is 462 Å². The summed E-state index contributed by atoms with van der Waals surface area (Å²) in [7, 11) is 0. The van der Waals surface area contributed by atoms with Crippen molar-refractivity contribution >= 4 is 11.9 Å². The number of hydrogen-bond donors (Lipinski definition) is 3. The summed E-state index contributed by atoms with van der Waals surface area (Å²) in [5.74, 6) is -0.0127. The average molecular weight is 1320 g/mol. The molecule has 0 radical (unpaired) electrons. The number of carbonyl (C=O) groups excluding carboxylic acids is 2. The Kier molecular flexibility index (Phi) is 82.3. The minimum absolute atomic E-state index is 0.00958. The zero-order valence-electron chi connectivity index (χ0n) is 64.2. The molecule has 0 saturated carbocycles. The van der Waals surface area contributed by atoms with Crippen LogP contribution in [0, 0.1) is 0 Å². The van der Waals surface area contributed by atoms with Gasteiger partial charge in [0.15, 0.2) is 0 Å². The Bertz CT molecular complexity index is 1480. The predicted octanol–water partition coefficient (Wildman–Crippen LogP) is 29.2. The summed E-state index contributed by atoms with van der Waals surface area (Å²) in [5.41, 5.74) is 0. The van der Waals surface area contributed by atoms with E-state index < -0.39 is 12.1 Å². The fourth-order valence-electron chi connectivity index (χ4n) is 14.2. The molecule has 6 nitrogen and oxygen atoms in total. The molecular weight excluding hydrogens is 1150 g/mol. The zero-order chi connectivity index (χ0) is 67.7. The SMILES string of the molecule is CCC/C=C\C/C=C\CCCCCCCC(=O)OCCCCCCCCCCCCCCCCCCCCCCCCCCCCCCCCCCCCCCCCCC(=O)NC(CO)C(O)CCCCCCCCCCCCCCCCCCCCCCCCCCC. The smallest absolute Gasteiger partial charge is 0.305 e. The number of amides is 1. The highest BCUT2D eigenvalue weighted by Crippen LogP contribution is 2.21. The largest absolute Gasteiger partial charge is 0.466 e. The second-order valence-corrected chi connectivity index (χ2v) is 30.2. The summed E-state index contributed by atoms with van der Waals surface area (Å²) in [6, 6.07) is -0.538. The molecule has 0 aliphatic rings. The van der Waals surface area contributed by atoms with Crippen molar-refractivity contribution in [3.8, 4) is 0 Å². The molecule has 0 aliphatic heterocycles. The molecule has 0 bridgehead atoms. The Balaban J connectivity index is 3.30. The maximum absolute atomic E-state index is 12.6. The number of rotatable bonds is 83. The van der Waals surface area contributed by atoms with Gasteiger partial charge in [0.25, 0.3) is 0 Å². The van der Waals surface area contributed by atoms with Crippen LogP contribution in [-0.4, -0.2) is 47.4 Å². The number of esters is 1. The molecule has 0 aromatic rings. The fraction of sp³-hybridized carbons (Fsp3) is 0.932. The van der Waals surface area contributed by atoms with Crippen molar-refractivity contribution in [2.75, 3.05) is 13.2 Å². The lowest BCUT2D eigenvalue weighted by Gasteiger charge is -2.22. The van der Waals surface area contributed by atoms with Crippen LogP contribution in [-0.2, 0) is 14.3 Å². The Hall–Kier alpha value is -1.66. The second kappa shape index (κ2) is 83.8. The fourth-order valence-corrected chi connectivity index (χ4v) is 14.2. The number of unbranched alkanes of at least 4 members (excludes halogenated alkanes) is 68. The van der Waals surface area contributed by atoms with Crippen molar-refractivity contribution in [1.82, 2.24) is 5.32 Å². The second-order valence-electron chi connectivity index (χ2n) is 30.2. The molecule has 0 aromatic heterocycles. The van der Waals surface area contributed by atoms with Crippen molar-refractivity contribution in [1.29, 1.82) is 0 Å². The molecule has 558 valence electrons. The topological polar surface area (TPSA) is 95.9 Å². The summed E-state index contributed by atoms with van der Waals surface area (Å²) in [6.07, 6.45) is 109. The van der Waals surface area contributed by atoms with E-state index in [-0.39, 0.29) is 18.5 Å². The van der Waals surface area contributed by atoms with Gasteiger partial charge < -0.3 is 20.3 Å². The van der Waals surface area contributed by atoms with Crippen molar-refractivity contribution in [2.24, 2.45) is 0 Å². The van der Waals surface area contributed by atoms with Crippen LogP contribution in [0.4, 0.5) is 0 Å². The molecule has 94 heavy (non-hydrogen) atoms. The van der Waals surface area contributed by atoms with Crippen LogP contribution in [0.1, 0.15) is 502 Å². The quantitative estimate of drug-likeness (QED) is 0.0320. The van der Waals surface area contributed by atoms with E-state index in [1.807, 2.05) is 0 Å². The predicted molar refractivity (Wildman–Crippen MR) is 417 cm³/mol. The first kappa shape index (κ1) is 92.3. The molecule has 0 spiro atoms. The summed E-state index contributed by atoms with van der Waals surface area (Å²) < 4.78 is 5.49. The van der Waals surface area contributed by atoms with Crippen LogP contribution in [0.25, 0.3) is 0 Å². The molecule has 6 heteroatoms. The minimum atomic E-state index is -0.661. The number of hydrogen-bond acceptors (Lipinski definition) is 5. The molecule has 1 amide bonds. The summed E-state index contributed by atoms with van der Waals surface area (Å²) in [5, 5.41) is 23.5. The van der Waals surface area contributed by atoms with Crippen LogP contribution < -0.4 is 5.32 Å². The van der Waals surface area contributed by atoms with E-state index in [1.54, 1.807) is 0 Å². The Morgan fingerprint density at radius 3 is 0.851 bits per heavy atom.